The van der Waals surface area contributed by atoms with E-state index in [9.17, 15) is 5.26 Å². The zero-order valence-electron chi connectivity index (χ0n) is 20.9. The maximum absolute atomic E-state index is 15.3. The Kier molecular flexibility index (Phi) is 5.71. The van der Waals surface area contributed by atoms with Crippen molar-refractivity contribution in [3.05, 3.63) is 75.6 Å². The van der Waals surface area contributed by atoms with E-state index in [1.54, 1.807) is 12.1 Å². The summed E-state index contributed by atoms with van der Waals surface area (Å²) in [6, 6.07) is 13.8. The largest absolute Gasteiger partial charge is 0.316 e. The van der Waals surface area contributed by atoms with Gasteiger partial charge in [-0.3, -0.25) is 5.10 Å². The minimum atomic E-state index is -0.325. The van der Waals surface area contributed by atoms with Gasteiger partial charge in [0.25, 0.3) is 0 Å². The molecule has 0 bridgehead atoms. The third-order valence-electron chi connectivity index (χ3n) is 7.03. The minimum Gasteiger partial charge on any atom is -0.316 e. The molecule has 0 saturated heterocycles. The second-order valence-electron chi connectivity index (χ2n) is 10.3. The molecule has 6 heteroatoms. The highest BCUT2D eigenvalue weighted by Crippen LogP contribution is 2.37. The summed E-state index contributed by atoms with van der Waals surface area (Å²) in [4.78, 5) is 0. The fourth-order valence-corrected chi connectivity index (χ4v) is 5.32. The van der Waals surface area contributed by atoms with Crippen molar-refractivity contribution in [1.82, 2.24) is 20.8 Å². The van der Waals surface area contributed by atoms with Crippen molar-refractivity contribution in [2.24, 2.45) is 0 Å². The molecule has 4 aromatic rings. The van der Waals surface area contributed by atoms with Crippen LogP contribution >= 0.6 is 0 Å². The van der Waals surface area contributed by atoms with Gasteiger partial charge in [-0.15, -0.1) is 0 Å². The normalized spacial score (nSPS) is 14.7. The predicted octanol–water partition coefficient (Wildman–Crippen LogP) is 5.67. The molecule has 0 atom stereocenters. The van der Waals surface area contributed by atoms with Crippen LogP contribution in [0, 0.1) is 31.0 Å². The molecule has 0 spiro atoms. The maximum atomic E-state index is 15.3. The summed E-state index contributed by atoms with van der Waals surface area (Å²) < 4.78 is 15.3. The van der Waals surface area contributed by atoms with Crippen LogP contribution in [-0.4, -0.2) is 22.8 Å². The number of hydrogen-bond donors (Lipinski definition) is 3. The summed E-state index contributed by atoms with van der Waals surface area (Å²) >= 11 is 0. The van der Waals surface area contributed by atoms with Gasteiger partial charge in [-0.05, 0) is 99.3 Å². The number of nitrogens with one attached hydrogen (secondary N) is 3. The van der Waals surface area contributed by atoms with Crippen molar-refractivity contribution in [2.45, 2.75) is 52.7 Å². The predicted molar refractivity (Wildman–Crippen MR) is 138 cm³/mol. The van der Waals surface area contributed by atoms with Gasteiger partial charge < -0.3 is 10.6 Å². The minimum absolute atomic E-state index is 0.0750. The van der Waals surface area contributed by atoms with Gasteiger partial charge in [0.2, 0.25) is 0 Å². The molecular formula is C29H30FN5. The Morgan fingerprint density at radius 2 is 1.91 bits per heavy atom. The summed E-state index contributed by atoms with van der Waals surface area (Å²) in [5.74, 6) is -0.325. The lowest BCUT2D eigenvalue weighted by Gasteiger charge is -2.34. The summed E-state index contributed by atoms with van der Waals surface area (Å²) in [7, 11) is 1.84. The van der Waals surface area contributed by atoms with Crippen LogP contribution < -0.4 is 10.6 Å². The second kappa shape index (κ2) is 8.60. The van der Waals surface area contributed by atoms with Crippen molar-refractivity contribution in [2.75, 3.05) is 7.05 Å². The van der Waals surface area contributed by atoms with Crippen molar-refractivity contribution >= 4 is 10.9 Å². The fraction of sp³-hybridized carbons (Fsp3) is 0.310. The number of aromatic nitrogens is 2. The van der Waals surface area contributed by atoms with E-state index in [0.29, 0.717) is 23.2 Å². The van der Waals surface area contributed by atoms with Gasteiger partial charge in [0.15, 0.2) is 0 Å². The lowest BCUT2D eigenvalue weighted by molar-refractivity contribution is 0.362. The molecule has 0 aliphatic carbocycles. The van der Waals surface area contributed by atoms with Crippen LogP contribution in [0.1, 0.15) is 47.2 Å². The Morgan fingerprint density at radius 1 is 1.11 bits per heavy atom. The number of rotatable bonds is 4. The molecule has 2 heterocycles. The highest BCUT2D eigenvalue weighted by atomic mass is 19.1. The molecule has 5 nitrogen and oxygen atoms in total. The summed E-state index contributed by atoms with van der Waals surface area (Å²) in [6.07, 6.45) is 0.980. The van der Waals surface area contributed by atoms with E-state index in [4.69, 9.17) is 0 Å². The number of nitriles is 1. The summed E-state index contributed by atoms with van der Waals surface area (Å²) in [6.45, 7) is 9.89. The molecule has 3 aromatic carbocycles. The molecule has 0 saturated carbocycles. The number of halogens is 1. The first kappa shape index (κ1) is 23.2. The monoisotopic (exact) mass is 467 g/mol. The number of hydrogen-bond acceptors (Lipinski definition) is 4. The number of benzene rings is 3. The summed E-state index contributed by atoms with van der Waals surface area (Å²) in [5.41, 5.74) is 9.74. The molecule has 1 aliphatic heterocycles. The molecule has 0 unspecified atom stereocenters. The van der Waals surface area contributed by atoms with Crippen LogP contribution in [0.5, 0.6) is 0 Å². The van der Waals surface area contributed by atoms with Crippen molar-refractivity contribution in [3.8, 4) is 28.5 Å². The zero-order valence-corrected chi connectivity index (χ0v) is 20.9. The van der Waals surface area contributed by atoms with Gasteiger partial charge in [0.05, 0.1) is 22.8 Å². The van der Waals surface area contributed by atoms with Gasteiger partial charge in [-0.2, -0.15) is 10.4 Å². The van der Waals surface area contributed by atoms with E-state index in [0.717, 1.165) is 46.3 Å². The Hall–Kier alpha value is -3.53. The van der Waals surface area contributed by atoms with E-state index in [-0.39, 0.29) is 11.4 Å². The lowest BCUT2D eigenvalue weighted by atomic mass is 9.84. The number of nitrogens with zero attached hydrogens (tertiary/aromatic N) is 2. The zero-order chi connectivity index (χ0) is 24.9. The molecular weight excluding hydrogens is 437 g/mol. The number of aryl methyl sites for hydroxylation is 2. The molecule has 1 aliphatic rings. The molecule has 1 aromatic heterocycles. The number of aromatic amines is 1. The highest BCUT2D eigenvalue weighted by molar-refractivity contribution is 5.98. The van der Waals surface area contributed by atoms with Gasteiger partial charge in [0, 0.05) is 40.7 Å². The Labute approximate surface area is 205 Å². The van der Waals surface area contributed by atoms with Gasteiger partial charge in [-0.25, -0.2) is 4.39 Å². The molecule has 3 N–H and O–H groups in total. The van der Waals surface area contributed by atoms with E-state index in [2.05, 4.69) is 59.8 Å². The van der Waals surface area contributed by atoms with Crippen LogP contribution in [-0.2, 0) is 19.5 Å². The number of fused-ring (bicyclic) bond motifs is 2. The maximum Gasteiger partial charge on any atom is 0.131 e. The van der Waals surface area contributed by atoms with Crippen LogP contribution in [0.2, 0.25) is 0 Å². The van der Waals surface area contributed by atoms with E-state index in [1.165, 1.54) is 16.7 Å². The summed E-state index contributed by atoms with van der Waals surface area (Å²) in [5, 5.41) is 25.1. The third-order valence-corrected chi connectivity index (χ3v) is 7.03. The number of H-pyrrole nitrogens is 1. The van der Waals surface area contributed by atoms with Crippen molar-refractivity contribution in [3.63, 3.8) is 0 Å². The first-order chi connectivity index (χ1) is 16.7. The lowest BCUT2D eigenvalue weighted by Crippen LogP contribution is -2.44. The first-order valence-corrected chi connectivity index (χ1v) is 11.9. The van der Waals surface area contributed by atoms with E-state index >= 15 is 4.39 Å². The Morgan fingerprint density at radius 3 is 2.63 bits per heavy atom. The SMILES string of the molecule is CNCc1cc(C)c(-c2cc3c(-c4cc(C)c5c(c4)CNC(C)(C)C5)n[nH]c3cc2C#N)c(F)c1. The van der Waals surface area contributed by atoms with Crippen LogP contribution in [0.25, 0.3) is 33.3 Å². The molecule has 0 radical (unpaired) electrons. The Bertz CT molecular complexity index is 1480. The first-order valence-electron chi connectivity index (χ1n) is 11.9. The van der Waals surface area contributed by atoms with Crippen LogP contribution in [0.4, 0.5) is 4.39 Å². The standard InChI is InChI=1S/C29H30FN5/c1-16-7-19(9-21-15-33-29(3,4)12-24(16)21)28-23-11-22(20(13-31)10-26(23)34-35-28)27-17(2)6-18(14-32-5)8-25(27)30/h6-11,32-33H,12,14-15H2,1-5H3,(H,34,35). The molecule has 178 valence electrons. The topological polar surface area (TPSA) is 76.5 Å². The van der Waals surface area contributed by atoms with E-state index in [1.807, 2.05) is 26.1 Å². The Balaban J connectivity index is 1.67. The van der Waals surface area contributed by atoms with E-state index < -0.39 is 0 Å². The average molecular weight is 468 g/mol. The quantitative estimate of drug-likeness (QED) is 0.362. The van der Waals surface area contributed by atoms with Crippen molar-refractivity contribution in [1.29, 1.82) is 5.26 Å². The molecule has 5 rings (SSSR count). The van der Waals surface area contributed by atoms with Crippen LogP contribution in [0.3, 0.4) is 0 Å². The molecule has 35 heavy (non-hydrogen) atoms. The smallest absolute Gasteiger partial charge is 0.131 e. The fourth-order valence-electron chi connectivity index (χ4n) is 5.32. The highest BCUT2D eigenvalue weighted by Gasteiger charge is 2.26. The second-order valence-corrected chi connectivity index (χ2v) is 10.3. The van der Waals surface area contributed by atoms with Gasteiger partial charge in [0.1, 0.15) is 5.82 Å². The van der Waals surface area contributed by atoms with Crippen LogP contribution in [0.15, 0.2) is 36.4 Å². The van der Waals surface area contributed by atoms with Gasteiger partial charge in [-0.1, -0.05) is 6.07 Å². The van der Waals surface area contributed by atoms with Crippen molar-refractivity contribution < 1.29 is 4.39 Å². The average Bonchev–Trinajstić information content (AvgIpc) is 3.21. The molecule has 0 fully saturated rings. The molecule has 0 amide bonds. The van der Waals surface area contributed by atoms with Gasteiger partial charge >= 0.3 is 0 Å². The third kappa shape index (κ3) is 4.12.